The number of nitrogens with zero attached hydrogens (tertiary/aromatic N) is 3. The Morgan fingerprint density at radius 3 is 2.82 bits per heavy atom. The first-order chi connectivity index (χ1) is 10.5. The Morgan fingerprint density at radius 1 is 1.45 bits per heavy atom. The zero-order chi connectivity index (χ0) is 15.9. The molecule has 2 atom stereocenters. The molecule has 1 aliphatic rings. The van der Waals surface area contributed by atoms with Gasteiger partial charge in [-0.25, -0.2) is 0 Å². The predicted octanol–water partition coefficient (Wildman–Crippen LogP) is 2.55. The van der Waals surface area contributed by atoms with Gasteiger partial charge in [0.05, 0.1) is 17.9 Å². The first kappa shape index (κ1) is 15.2. The van der Waals surface area contributed by atoms with Gasteiger partial charge in [-0.15, -0.1) is 11.3 Å². The fourth-order valence-electron chi connectivity index (χ4n) is 3.11. The molecular formula is C16H22N4OS. The SMILES string of the molecule is Cc1cc([C@@H](C)N[C@@H]2CCN(c3cnn(C)c3)C2=O)c(C)s1. The number of hydrogen-bond acceptors (Lipinski definition) is 4. The van der Waals surface area contributed by atoms with Gasteiger partial charge in [0, 0.05) is 35.6 Å². The van der Waals surface area contributed by atoms with Crippen LogP contribution in [-0.4, -0.2) is 28.3 Å². The van der Waals surface area contributed by atoms with Crippen LogP contribution in [0.5, 0.6) is 0 Å². The zero-order valence-corrected chi connectivity index (χ0v) is 14.3. The summed E-state index contributed by atoms with van der Waals surface area (Å²) in [7, 11) is 1.86. The van der Waals surface area contributed by atoms with Crippen LogP contribution in [0, 0.1) is 13.8 Å². The maximum Gasteiger partial charge on any atom is 0.244 e. The van der Waals surface area contributed by atoms with Crippen molar-refractivity contribution in [3.05, 3.63) is 33.8 Å². The van der Waals surface area contributed by atoms with E-state index >= 15 is 0 Å². The minimum absolute atomic E-state index is 0.116. The molecule has 0 unspecified atom stereocenters. The van der Waals surface area contributed by atoms with Gasteiger partial charge in [-0.05, 0) is 38.8 Å². The number of hydrogen-bond donors (Lipinski definition) is 1. The van der Waals surface area contributed by atoms with E-state index in [-0.39, 0.29) is 18.0 Å². The van der Waals surface area contributed by atoms with Gasteiger partial charge in [-0.3, -0.25) is 14.8 Å². The van der Waals surface area contributed by atoms with E-state index in [1.54, 1.807) is 10.9 Å². The van der Waals surface area contributed by atoms with Crippen LogP contribution in [0.2, 0.25) is 0 Å². The number of rotatable bonds is 4. The van der Waals surface area contributed by atoms with Gasteiger partial charge in [0.15, 0.2) is 0 Å². The third kappa shape index (κ3) is 2.80. The van der Waals surface area contributed by atoms with Crippen molar-refractivity contribution in [3.8, 4) is 0 Å². The molecule has 0 bridgehead atoms. The average Bonchev–Trinajstić information content (AvgIpc) is 3.11. The summed E-state index contributed by atoms with van der Waals surface area (Å²) >= 11 is 1.81. The van der Waals surface area contributed by atoms with E-state index in [0.717, 1.165) is 18.7 Å². The van der Waals surface area contributed by atoms with E-state index < -0.39 is 0 Å². The van der Waals surface area contributed by atoms with Crippen LogP contribution in [0.4, 0.5) is 5.69 Å². The van der Waals surface area contributed by atoms with Crippen molar-refractivity contribution in [1.29, 1.82) is 0 Å². The van der Waals surface area contributed by atoms with Crippen LogP contribution < -0.4 is 10.2 Å². The molecule has 1 N–H and O–H groups in total. The smallest absolute Gasteiger partial charge is 0.244 e. The van der Waals surface area contributed by atoms with Gasteiger partial charge in [-0.1, -0.05) is 0 Å². The lowest BCUT2D eigenvalue weighted by Gasteiger charge is -2.19. The van der Waals surface area contributed by atoms with E-state index in [2.05, 4.69) is 37.3 Å². The van der Waals surface area contributed by atoms with Crippen LogP contribution in [0.3, 0.4) is 0 Å². The Morgan fingerprint density at radius 2 is 2.23 bits per heavy atom. The monoisotopic (exact) mass is 318 g/mol. The average molecular weight is 318 g/mol. The van der Waals surface area contributed by atoms with Crippen LogP contribution in [0.1, 0.15) is 34.7 Å². The third-order valence-electron chi connectivity index (χ3n) is 4.21. The second-order valence-electron chi connectivity index (χ2n) is 5.96. The summed E-state index contributed by atoms with van der Waals surface area (Å²) in [5, 5.41) is 7.64. The molecule has 1 amide bonds. The molecule has 22 heavy (non-hydrogen) atoms. The van der Waals surface area contributed by atoms with Crippen LogP contribution in [-0.2, 0) is 11.8 Å². The quantitative estimate of drug-likeness (QED) is 0.942. The van der Waals surface area contributed by atoms with Gasteiger partial charge in [-0.2, -0.15) is 5.10 Å². The van der Waals surface area contributed by atoms with E-state index in [1.807, 2.05) is 29.5 Å². The number of anilines is 1. The molecule has 1 saturated heterocycles. The predicted molar refractivity (Wildman–Crippen MR) is 89.3 cm³/mol. The molecule has 1 aliphatic heterocycles. The summed E-state index contributed by atoms with van der Waals surface area (Å²) in [6, 6.07) is 2.29. The lowest BCUT2D eigenvalue weighted by atomic mass is 10.1. The molecule has 0 radical (unpaired) electrons. The van der Waals surface area contributed by atoms with E-state index in [1.165, 1.54) is 15.3 Å². The number of aromatic nitrogens is 2. The lowest BCUT2D eigenvalue weighted by Crippen LogP contribution is -2.39. The molecular weight excluding hydrogens is 296 g/mol. The first-order valence-corrected chi connectivity index (χ1v) is 8.40. The molecule has 5 nitrogen and oxygen atoms in total. The molecule has 1 fully saturated rings. The summed E-state index contributed by atoms with van der Waals surface area (Å²) in [4.78, 5) is 17.1. The van der Waals surface area contributed by atoms with Gasteiger partial charge in [0.2, 0.25) is 5.91 Å². The van der Waals surface area contributed by atoms with Crippen molar-refractivity contribution in [2.45, 2.75) is 39.3 Å². The zero-order valence-electron chi connectivity index (χ0n) is 13.5. The lowest BCUT2D eigenvalue weighted by molar-refractivity contribution is -0.119. The van der Waals surface area contributed by atoms with Gasteiger partial charge >= 0.3 is 0 Å². The topological polar surface area (TPSA) is 50.2 Å². The Kier molecular flexibility index (Phi) is 4.06. The molecule has 0 spiro atoms. The molecule has 118 valence electrons. The van der Waals surface area contributed by atoms with Gasteiger partial charge < -0.3 is 4.90 Å². The Labute approximate surface area is 134 Å². The third-order valence-corrected chi connectivity index (χ3v) is 5.19. The summed E-state index contributed by atoms with van der Waals surface area (Å²) in [5.74, 6) is 0.143. The largest absolute Gasteiger partial charge is 0.308 e. The standard InChI is InChI=1S/C16H22N4OS/c1-10-7-14(12(3)22-10)11(2)18-15-5-6-20(16(15)21)13-8-17-19(4)9-13/h7-9,11,15,18H,5-6H2,1-4H3/t11-,15-/m1/s1. The molecule has 3 heterocycles. The maximum atomic E-state index is 12.6. The van der Waals surface area contributed by atoms with Crippen LogP contribution in [0.15, 0.2) is 18.5 Å². The summed E-state index contributed by atoms with van der Waals surface area (Å²) in [5.41, 5.74) is 2.18. The Balaban J connectivity index is 1.69. The molecule has 0 aliphatic carbocycles. The fraction of sp³-hybridized carbons (Fsp3) is 0.500. The van der Waals surface area contributed by atoms with Crippen molar-refractivity contribution in [3.63, 3.8) is 0 Å². The normalized spacial score (nSPS) is 19.9. The minimum Gasteiger partial charge on any atom is -0.308 e. The Hall–Kier alpha value is -1.66. The van der Waals surface area contributed by atoms with Gasteiger partial charge in [0.25, 0.3) is 0 Å². The van der Waals surface area contributed by atoms with Crippen molar-refractivity contribution >= 4 is 22.9 Å². The molecule has 2 aromatic rings. The highest BCUT2D eigenvalue weighted by molar-refractivity contribution is 7.12. The van der Waals surface area contributed by atoms with E-state index in [0.29, 0.717) is 0 Å². The number of carbonyl (C=O) groups excluding carboxylic acids is 1. The number of nitrogens with one attached hydrogen (secondary N) is 1. The number of amides is 1. The second-order valence-corrected chi connectivity index (χ2v) is 7.42. The number of carbonyl (C=O) groups is 1. The summed E-state index contributed by atoms with van der Waals surface area (Å²) in [6.07, 6.45) is 4.46. The fourth-order valence-corrected chi connectivity index (χ4v) is 4.13. The van der Waals surface area contributed by atoms with Gasteiger partial charge in [0.1, 0.15) is 0 Å². The van der Waals surface area contributed by atoms with Crippen molar-refractivity contribution in [2.75, 3.05) is 11.4 Å². The first-order valence-electron chi connectivity index (χ1n) is 7.58. The summed E-state index contributed by atoms with van der Waals surface area (Å²) in [6.45, 7) is 7.15. The molecule has 0 aromatic carbocycles. The van der Waals surface area contributed by atoms with Crippen LogP contribution in [0.25, 0.3) is 0 Å². The highest BCUT2D eigenvalue weighted by Crippen LogP contribution is 2.28. The minimum atomic E-state index is -0.116. The molecule has 0 saturated carbocycles. The van der Waals surface area contributed by atoms with E-state index in [9.17, 15) is 4.79 Å². The van der Waals surface area contributed by atoms with Crippen molar-refractivity contribution < 1.29 is 4.79 Å². The Bertz CT molecular complexity index is 690. The highest BCUT2D eigenvalue weighted by atomic mass is 32.1. The van der Waals surface area contributed by atoms with Crippen LogP contribution >= 0.6 is 11.3 Å². The molecule has 3 rings (SSSR count). The second kappa shape index (κ2) is 5.85. The number of aryl methyl sites for hydroxylation is 3. The maximum absolute atomic E-state index is 12.6. The number of thiophene rings is 1. The highest BCUT2D eigenvalue weighted by Gasteiger charge is 2.34. The van der Waals surface area contributed by atoms with E-state index in [4.69, 9.17) is 0 Å². The molecule has 6 heteroatoms. The van der Waals surface area contributed by atoms with Crippen molar-refractivity contribution in [1.82, 2.24) is 15.1 Å². The molecule has 2 aromatic heterocycles. The van der Waals surface area contributed by atoms with Crippen molar-refractivity contribution in [2.24, 2.45) is 7.05 Å². The summed E-state index contributed by atoms with van der Waals surface area (Å²) < 4.78 is 1.73.